The minimum absolute atomic E-state index is 0.00540. The van der Waals surface area contributed by atoms with Crippen LogP contribution in [0.2, 0.25) is 0 Å². The molecule has 8 heteroatoms. The van der Waals surface area contributed by atoms with Gasteiger partial charge in [-0.15, -0.1) is 0 Å². The van der Waals surface area contributed by atoms with E-state index >= 15 is 0 Å². The van der Waals surface area contributed by atoms with E-state index in [0.717, 1.165) is 18.5 Å². The van der Waals surface area contributed by atoms with Gasteiger partial charge in [0.1, 0.15) is 5.52 Å². The van der Waals surface area contributed by atoms with Crippen LogP contribution in [0.1, 0.15) is 24.6 Å². The molecule has 3 aromatic rings. The Bertz CT molecular complexity index is 1000. The van der Waals surface area contributed by atoms with Crippen molar-refractivity contribution >= 4 is 22.6 Å². The Morgan fingerprint density at radius 2 is 2.14 bits per heavy atom. The number of rotatable bonds is 4. The fraction of sp³-hybridized carbons (Fsp3) is 0.300. The zero-order valence-corrected chi connectivity index (χ0v) is 15.3. The average Bonchev–Trinajstić information content (AvgIpc) is 3.31. The van der Waals surface area contributed by atoms with Crippen molar-refractivity contribution in [2.45, 2.75) is 25.5 Å². The van der Waals surface area contributed by atoms with Crippen molar-refractivity contribution < 1.29 is 18.3 Å². The first kappa shape index (κ1) is 18.2. The van der Waals surface area contributed by atoms with E-state index in [2.05, 4.69) is 15.0 Å². The Balaban J connectivity index is 1.61. The zero-order chi connectivity index (χ0) is 19.7. The molecule has 1 aliphatic heterocycles. The second kappa shape index (κ2) is 7.46. The molecule has 0 unspecified atom stereocenters. The van der Waals surface area contributed by atoms with Crippen LogP contribution >= 0.6 is 0 Å². The summed E-state index contributed by atoms with van der Waals surface area (Å²) in [6, 6.07) is 10.1. The van der Waals surface area contributed by atoms with Crippen molar-refractivity contribution in [2.24, 2.45) is 7.05 Å². The predicted octanol–water partition coefficient (Wildman–Crippen LogP) is 4.54. The van der Waals surface area contributed by atoms with Crippen LogP contribution in [0.5, 0.6) is 5.75 Å². The highest BCUT2D eigenvalue weighted by atomic mass is 19.3. The summed E-state index contributed by atoms with van der Waals surface area (Å²) >= 11 is 0. The number of pyridine rings is 1. The summed E-state index contributed by atoms with van der Waals surface area (Å²) in [5, 5.41) is 3.46. The van der Waals surface area contributed by atoms with Gasteiger partial charge in [0, 0.05) is 37.1 Å². The number of nitrogens with zero attached hydrogens (tertiary/aromatic N) is 3. The minimum atomic E-state index is -2.94. The number of fused-ring (bicyclic) bond motifs is 1. The molecule has 146 valence electrons. The minimum Gasteiger partial charge on any atom is -0.432 e. The maximum Gasteiger partial charge on any atom is 0.387 e. The van der Waals surface area contributed by atoms with Gasteiger partial charge in [-0.05, 0) is 49.2 Å². The van der Waals surface area contributed by atoms with Crippen molar-refractivity contribution in [2.75, 3.05) is 11.9 Å². The number of carbonyl (C=O) groups excluding carboxylic acids is 1. The van der Waals surface area contributed by atoms with Crippen LogP contribution in [-0.4, -0.2) is 33.6 Å². The van der Waals surface area contributed by atoms with Gasteiger partial charge in [-0.2, -0.15) is 8.78 Å². The van der Waals surface area contributed by atoms with E-state index in [0.29, 0.717) is 17.6 Å². The Kier molecular flexibility index (Phi) is 4.85. The van der Waals surface area contributed by atoms with E-state index < -0.39 is 6.61 Å². The molecule has 1 fully saturated rings. The number of carbonyl (C=O) groups is 1. The number of aryl methyl sites for hydroxylation is 1. The first-order valence-corrected chi connectivity index (χ1v) is 9.06. The summed E-state index contributed by atoms with van der Waals surface area (Å²) < 4.78 is 31.9. The number of anilines is 1. The van der Waals surface area contributed by atoms with E-state index in [-0.39, 0.29) is 23.3 Å². The van der Waals surface area contributed by atoms with Crippen LogP contribution in [0.15, 0.2) is 48.8 Å². The van der Waals surface area contributed by atoms with Crippen LogP contribution in [0.3, 0.4) is 0 Å². The number of alkyl halides is 2. The fourth-order valence-corrected chi connectivity index (χ4v) is 3.77. The number of amides is 2. The average molecular weight is 386 g/mol. The molecule has 2 amide bonds. The Labute approximate surface area is 160 Å². The maximum absolute atomic E-state index is 13.0. The van der Waals surface area contributed by atoms with Gasteiger partial charge in [0.15, 0.2) is 5.75 Å². The number of hydrogen-bond donors (Lipinski definition) is 1. The molecule has 28 heavy (non-hydrogen) atoms. The highest BCUT2D eigenvalue weighted by molar-refractivity contribution is 6.02. The van der Waals surface area contributed by atoms with E-state index in [1.165, 1.54) is 12.3 Å². The number of ether oxygens (including phenoxy) is 1. The second-order valence-corrected chi connectivity index (χ2v) is 6.71. The summed E-state index contributed by atoms with van der Waals surface area (Å²) in [5.41, 5.74) is 1.87. The lowest BCUT2D eigenvalue weighted by Gasteiger charge is -2.26. The molecular formula is C20H20F2N4O2. The van der Waals surface area contributed by atoms with Gasteiger partial charge >= 0.3 is 12.6 Å². The zero-order valence-electron chi connectivity index (χ0n) is 15.3. The van der Waals surface area contributed by atoms with Crippen molar-refractivity contribution in [3.05, 3.63) is 54.5 Å². The Morgan fingerprint density at radius 3 is 2.89 bits per heavy atom. The standard InChI is InChI=1S/C20H20F2N4O2/c1-25-11-3-6-15(25)16-7-4-12-26(16)20(27)24-14-8-9-17(28-19(21)22)18-13(14)5-2-10-23-18/h2-3,5-6,8-11,16,19H,4,7,12H2,1H3,(H,24,27)/t16-/m1/s1. The van der Waals surface area contributed by atoms with Crippen LogP contribution in [0.4, 0.5) is 19.3 Å². The van der Waals surface area contributed by atoms with Gasteiger partial charge in [-0.25, -0.2) is 4.79 Å². The number of aromatic nitrogens is 2. The molecule has 1 N–H and O–H groups in total. The molecule has 1 atom stereocenters. The second-order valence-electron chi connectivity index (χ2n) is 6.71. The van der Waals surface area contributed by atoms with Crippen molar-refractivity contribution in [1.82, 2.24) is 14.5 Å². The molecule has 1 aliphatic rings. The van der Waals surface area contributed by atoms with Gasteiger partial charge in [-0.3, -0.25) is 4.98 Å². The van der Waals surface area contributed by atoms with Gasteiger partial charge in [0.25, 0.3) is 0 Å². The summed E-state index contributed by atoms with van der Waals surface area (Å²) in [7, 11) is 1.96. The molecule has 6 nitrogen and oxygen atoms in total. The largest absolute Gasteiger partial charge is 0.432 e. The van der Waals surface area contributed by atoms with Crippen molar-refractivity contribution in [3.63, 3.8) is 0 Å². The molecular weight excluding hydrogens is 366 g/mol. The SMILES string of the molecule is Cn1cccc1[C@H]1CCCN1C(=O)Nc1ccc(OC(F)F)c2ncccc12. The highest BCUT2D eigenvalue weighted by Crippen LogP contribution is 2.34. The van der Waals surface area contributed by atoms with Gasteiger partial charge in [0.05, 0.1) is 11.7 Å². The van der Waals surface area contributed by atoms with E-state index in [9.17, 15) is 13.6 Å². The van der Waals surface area contributed by atoms with Crippen LogP contribution in [0.25, 0.3) is 10.9 Å². The smallest absolute Gasteiger partial charge is 0.387 e. The predicted molar refractivity (Wildman–Crippen MR) is 101 cm³/mol. The highest BCUT2D eigenvalue weighted by Gasteiger charge is 2.31. The third kappa shape index (κ3) is 3.37. The van der Waals surface area contributed by atoms with E-state index in [1.807, 2.05) is 29.9 Å². The van der Waals surface area contributed by atoms with Crippen molar-refractivity contribution in [1.29, 1.82) is 0 Å². The van der Waals surface area contributed by atoms with Crippen LogP contribution in [-0.2, 0) is 7.05 Å². The molecule has 4 rings (SSSR count). The third-order valence-electron chi connectivity index (χ3n) is 5.03. The molecule has 0 aliphatic carbocycles. The molecule has 0 saturated carbocycles. The van der Waals surface area contributed by atoms with E-state index in [1.54, 1.807) is 23.1 Å². The summed E-state index contributed by atoms with van der Waals surface area (Å²) in [6.07, 6.45) is 5.28. The summed E-state index contributed by atoms with van der Waals surface area (Å²) in [6.45, 7) is -2.29. The molecule has 1 aromatic carbocycles. The van der Waals surface area contributed by atoms with Gasteiger partial charge in [-0.1, -0.05) is 0 Å². The topological polar surface area (TPSA) is 59.4 Å². The molecule has 0 radical (unpaired) electrons. The number of hydrogen-bond acceptors (Lipinski definition) is 3. The number of halogens is 2. The number of urea groups is 1. The Morgan fingerprint density at radius 1 is 1.29 bits per heavy atom. The Hall–Kier alpha value is -3.16. The molecule has 2 aromatic heterocycles. The lowest BCUT2D eigenvalue weighted by Crippen LogP contribution is -2.35. The summed E-state index contributed by atoms with van der Waals surface area (Å²) in [4.78, 5) is 18.9. The first-order valence-electron chi connectivity index (χ1n) is 9.06. The summed E-state index contributed by atoms with van der Waals surface area (Å²) in [5.74, 6) is -0.0218. The third-order valence-corrected chi connectivity index (χ3v) is 5.03. The lowest BCUT2D eigenvalue weighted by atomic mass is 10.1. The van der Waals surface area contributed by atoms with E-state index in [4.69, 9.17) is 0 Å². The number of likely N-dealkylation sites (tertiary alicyclic amines) is 1. The number of benzene rings is 1. The van der Waals surface area contributed by atoms with Crippen LogP contribution in [0, 0.1) is 0 Å². The first-order chi connectivity index (χ1) is 13.5. The molecule has 0 bridgehead atoms. The van der Waals surface area contributed by atoms with Gasteiger partial charge in [0.2, 0.25) is 0 Å². The fourth-order valence-electron chi connectivity index (χ4n) is 3.77. The quantitative estimate of drug-likeness (QED) is 0.716. The molecule has 0 spiro atoms. The molecule has 3 heterocycles. The number of nitrogens with one attached hydrogen (secondary N) is 1. The maximum atomic E-state index is 13.0. The monoisotopic (exact) mass is 386 g/mol. The lowest BCUT2D eigenvalue weighted by molar-refractivity contribution is -0.0489. The van der Waals surface area contributed by atoms with Crippen LogP contribution < -0.4 is 10.1 Å². The molecule has 1 saturated heterocycles. The van der Waals surface area contributed by atoms with Gasteiger partial charge < -0.3 is 19.5 Å². The van der Waals surface area contributed by atoms with Crippen molar-refractivity contribution in [3.8, 4) is 5.75 Å². The normalized spacial score (nSPS) is 16.7.